The number of hydrogen-bond acceptors (Lipinski definition) is 4. The molecule has 5 nitrogen and oxygen atoms in total. The van der Waals surface area contributed by atoms with E-state index in [-0.39, 0.29) is 4.90 Å². The quantitative estimate of drug-likeness (QED) is 0.907. The first-order chi connectivity index (χ1) is 11.8. The summed E-state index contributed by atoms with van der Waals surface area (Å²) < 4.78 is 36.2. The maximum absolute atomic E-state index is 13.2. The Bertz CT molecular complexity index is 990. The lowest BCUT2D eigenvalue weighted by Crippen LogP contribution is -2.05. The molecule has 2 aromatic rings. The third kappa shape index (κ3) is 3.51. The van der Waals surface area contributed by atoms with E-state index in [0.717, 1.165) is 6.26 Å². The standard InChI is InChI=1S/C18H14FNO4S/c1-25(23,24)14-6-7-17(20-10-14)16-9-12(18(21)22)8-15(16)11-2-4-13(19)5-3-11/h2-10,12H,1H3,(H,21,22). The lowest BCUT2D eigenvalue weighted by atomic mass is 9.98. The molecule has 25 heavy (non-hydrogen) atoms. The minimum absolute atomic E-state index is 0.0805. The van der Waals surface area contributed by atoms with Crippen LogP contribution < -0.4 is 0 Å². The molecule has 1 unspecified atom stereocenters. The maximum Gasteiger partial charge on any atom is 0.314 e. The van der Waals surface area contributed by atoms with E-state index in [4.69, 9.17) is 0 Å². The second-order valence-electron chi connectivity index (χ2n) is 5.68. The van der Waals surface area contributed by atoms with Crippen LogP contribution in [0.3, 0.4) is 0 Å². The van der Waals surface area contributed by atoms with Crippen molar-refractivity contribution >= 4 is 27.0 Å². The summed E-state index contributed by atoms with van der Waals surface area (Å²) in [6.45, 7) is 0. The van der Waals surface area contributed by atoms with Crippen LogP contribution in [0.2, 0.25) is 0 Å². The Labute approximate surface area is 144 Å². The molecule has 1 atom stereocenters. The smallest absolute Gasteiger partial charge is 0.314 e. The molecule has 0 spiro atoms. The second kappa shape index (κ2) is 6.25. The van der Waals surface area contributed by atoms with Crippen LogP contribution in [0.25, 0.3) is 11.1 Å². The van der Waals surface area contributed by atoms with Crippen molar-refractivity contribution in [3.63, 3.8) is 0 Å². The Morgan fingerprint density at radius 1 is 1.08 bits per heavy atom. The first kappa shape index (κ1) is 17.0. The molecular formula is C18H14FNO4S. The number of pyridine rings is 1. The zero-order chi connectivity index (χ0) is 18.2. The van der Waals surface area contributed by atoms with Gasteiger partial charge in [-0.2, -0.15) is 0 Å². The molecule has 128 valence electrons. The molecule has 1 aromatic carbocycles. The number of benzene rings is 1. The van der Waals surface area contributed by atoms with Gasteiger partial charge < -0.3 is 5.11 Å². The van der Waals surface area contributed by atoms with Gasteiger partial charge in [0.15, 0.2) is 9.84 Å². The van der Waals surface area contributed by atoms with Crippen LogP contribution >= 0.6 is 0 Å². The van der Waals surface area contributed by atoms with Gasteiger partial charge in [-0.05, 0) is 35.4 Å². The molecule has 1 aromatic heterocycles. The fraction of sp³-hybridized carbons (Fsp3) is 0.111. The zero-order valence-electron chi connectivity index (χ0n) is 13.2. The average molecular weight is 359 g/mol. The summed E-state index contributed by atoms with van der Waals surface area (Å²) in [4.78, 5) is 15.6. The highest BCUT2D eigenvalue weighted by atomic mass is 32.2. The normalized spacial score (nSPS) is 17.1. The van der Waals surface area contributed by atoms with Crippen LogP contribution in [-0.2, 0) is 14.6 Å². The second-order valence-corrected chi connectivity index (χ2v) is 7.70. The van der Waals surface area contributed by atoms with Gasteiger partial charge in [-0.1, -0.05) is 24.3 Å². The molecular weight excluding hydrogens is 345 g/mol. The van der Waals surface area contributed by atoms with Crippen molar-refractivity contribution in [3.8, 4) is 0 Å². The number of carboxylic acid groups (broad SMARTS) is 1. The number of rotatable bonds is 4. The number of nitrogens with zero attached hydrogens (tertiary/aromatic N) is 1. The molecule has 3 rings (SSSR count). The van der Waals surface area contributed by atoms with E-state index in [2.05, 4.69) is 4.98 Å². The zero-order valence-corrected chi connectivity index (χ0v) is 14.0. The molecule has 1 heterocycles. The summed E-state index contributed by atoms with van der Waals surface area (Å²) in [5.41, 5.74) is 2.29. The molecule has 0 fully saturated rings. The van der Waals surface area contributed by atoms with Gasteiger partial charge >= 0.3 is 5.97 Å². The summed E-state index contributed by atoms with van der Waals surface area (Å²) in [6, 6.07) is 8.66. The molecule has 0 saturated heterocycles. The van der Waals surface area contributed by atoms with E-state index in [1.807, 2.05) is 0 Å². The number of hydrogen-bond donors (Lipinski definition) is 1. The van der Waals surface area contributed by atoms with Crippen molar-refractivity contribution < 1.29 is 22.7 Å². The van der Waals surface area contributed by atoms with Crippen molar-refractivity contribution in [3.05, 3.63) is 71.8 Å². The fourth-order valence-corrected chi connectivity index (χ4v) is 3.15. The van der Waals surface area contributed by atoms with Gasteiger partial charge in [-0.3, -0.25) is 9.78 Å². The molecule has 0 aliphatic heterocycles. The number of sulfone groups is 1. The third-order valence-corrected chi connectivity index (χ3v) is 4.96. The van der Waals surface area contributed by atoms with Crippen LogP contribution in [0.1, 0.15) is 11.3 Å². The van der Waals surface area contributed by atoms with Gasteiger partial charge in [0, 0.05) is 18.0 Å². The number of allylic oxidation sites excluding steroid dienone is 2. The van der Waals surface area contributed by atoms with Crippen molar-refractivity contribution in [2.45, 2.75) is 4.90 Å². The van der Waals surface area contributed by atoms with Gasteiger partial charge in [-0.25, -0.2) is 12.8 Å². The van der Waals surface area contributed by atoms with Crippen molar-refractivity contribution in [2.24, 2.45) is 5.92 Å². The first-order valence-electron chi connectivity index (χ1n) is 7.35. The Morgan fingerprint density at radius 3 is 2.24 bits per heavy atom. The van der Waals surface area contributed by atoms with E-state index in [9.17, 15) is 22.7 Å². The lowest BCUT2D eigenvalue weighted by molar-refractivity contribution is -0.138. The van der Waals surface area contributed by atoms with E-state index in [0.29, 0.717) is 22.4 Å². The van der Waals surface area contributed by atoms with Gasteiger partial charge in [-0.15, -0.1) is 0 Å². The molecule has 0 saturated carbocycles. The largest absolute Gasteiger partial charge is 0.481 e. The topological polar surface area (TPSA) is 84.3 Å². The van der Waals surface area contributed by atoms with Gasteiger partial charge in [0.1, 0.15) is 5.82 Å². The predicted molar refractivity (Wildman–Crippen MR) is 90.8 cm³/mol. The Balaban J connectivity index is 2.05. The van der Waals surface area contributed by atoms with Crippen molar-refractivity contribution in [2.75, 3.05) is 6.26 Å². The maximum atomic E-state index is 13.2. The minimum atomic E-state index is -3.37. The summed E-state index contributed by atoms with van der Waals surface area (Å²) >= 11 is 0. The first-order valence-corrected chi connectivity index (χ1v) is 9.24. The van der Waals surface area contributed by atoms with Crippen LogP contribution in [-0.4, -0.2) is 30.7 Å². The number of carboxylic acids is 1. The summed E-state index contributed by atoms with van der Waals surface area (Å²) in [7, 11) is -3.37. The van der Waals surface area contributed by atoms with E-state index < -0.39 is 27.5 Å². The highest BCUT2D eigenvalue weighted by molar-refractivity contribution is 7.90. The average Bonchev–Trinajstić information content (AvgIpc) is 3.00. The van der Waals surface area contributed by atoms with Crippen LogP contribution in [0.4, 0.5) is 4.39 Å². The number of aromatic nitrogens is 1. The molecule has 0 amide bonds. The molecule has 0 bridgehead atoms. The Hall–Kier alpha value is -2.80. The summed E-state index contributed by atoms with van der Waals surface area (Å²) in [5, 5.41) is 9.29. The lowest BCUT2D eigenvalue weighted by Gasteiger charge is -2.09. The summed E-state index contributed by atoms with van der Waals surface area (Å²) in [5.74, 6) is -2.23. The number of halogens is 1. The van der Waals surface area contributed by atoms with Crippen LogP contribution in [0, 0.1) is 11.7 Å². The van der Waals surface area contributed by atoms with E-state index >= 15 is 0 Å². The fourth-order valence-electron chi connectivity index (χ4n) is 2.59. The van der Waals surface area contributed by atoms with E-state index in [1.165, 1.54) is 30.5 Å². The van der Waals surface area contributed by atoms with Crippen LogP contribution in [0.5, 0.6) is 0 Å². The van der Waals surface area contributed by atoms with Gasteiger partial charge in [0.2, 0.25) is 0 Å². The molecule has 1 aliphatic carbocycles. The Kier molecular flexibility index (Phi) is 4.26. The minimum Gasteiger partial charge on any atom is -0.481 e. The van der Waals surface area contributed by atoms with Gasteiger partial charge in [0.25, 0.3) is 0 Å². The molecule has 0 radical (unpaired) electrons. The van der Waals surface area contributed by atoms with Crippen molar-refractivity contribution in [1.29, 1.82) is 0 Å². The molecule has 7 heteroatoms. The molecule has 1 N–H and O–H groups in total. The van der Waals surface area contributed by atoms with Gasteiger partial charge in [0.05, 0.1) is 16.5 Å². The van der Waals surface area contributed by atoms with Crippen LogP contribution in [0.15, 0.2) is 59.6 Å². The highest BCUT2D eigenvalue weighted by Crippen LogP contribution is 2.38. The number of carbonyl (C=O) groups is 1. The molecule has 1 aliphatic rings. The predicted octanol–water partition coefficient (Wildman–Crippen LogP) is 2.81. The van der Waals surface area contributed by atoms with E-state index in [1.54, 1.807) is 24.3 Å². The SMILES string of the molecule is CS(=O)(=O)c1ccc(C2=CC(C(=O)O)C=C2c2ccc(F)cc2)nc1. The number of aliphatic carboxylic acids is 1. The summed E-state index contributed by atoms with van der Waals surface area (Å²) in [6.07, 6.45) is 5.44. The highest BCUT2D eigenvalue weighted by Gasteiger charge is 2.25. The monoisotopic (exact) mass is 359 g/mol. The third-order valence-electron chi connectivity index (χ3n) is 3.86. The Morgan fingerprint density at radius 2 is 1.72 bits per heavy atom. The van der Waals surface area contributed by atoms with Crippen molar-refractivity contribution in [1.82, 2.24) is 4.98 Å².